The van der Waals surface area contributed by atoms with Crippen molar-refractivity contribution in [3.63, 3.8) is 0 Å². The Labute approximate surface area is 92.3 Å². The average molecular weight is 204 g/mol. The molecule has 0 bridgehead atoms. The highest BCUT2D eigenvalue weighted by atomic mass is 15.2. The Morgan fingerprint density at radius 3 is 3.13 bits per heavy atom. The molecule has 15 heavy (non-hydrogen) atoms. The predicted octanol–water partition coefficient (Wildman–Crippen LogP) is 2.94. The number of hydrogen-bond donors (Lipinski definition) is 0. The van der Waals surface area contributed by atoms with E-state index in [1.54, 1.807) is 0 Å². The van der Waals surface area contributed by atoms with Crippen molar-refractivity contribution in [3.05, 3.63) is 29.6 Å². The van der Waals surface area contributed by atoms with Gasteiger partial charge in [0.05, 0.1) is 0 Å². The summed E-state index contributed by atoms with van der Waals surface area (Å²) in [6, 6.07) is 5.05. The topological polar surface area (TPSA) is 16.1 Å². The Morgan fingerprint density at radius 2 is 2.40 bits per heavy atom. The molecule has 0 unspecified atom stereocenters. The first-order valence-electron chi connectivity index (χ1n) is 5.98. The van der Waals surface area contributed by atoms with E-state index in [1.807, 2.05) is 6.20 Å². The van der Waals surface area contributed by atoms with Gasteiger partial charge in [-0.3, -0.25) is 9.88 Å². The predicted molar refractivity (Wildman–Crippen MR) is 62.8 cm³/mol. The number of rotatable bonds is 3. The number of pyridine rings is 1. The average Bonchev–Trinajstić information content (AvgIpc) is 2.66. The van der Waals surface area contributed by atoms with Crippen molar-refractivity contribution in [1.82, 2.24) is 9.88 Å². The van der Waals surface area contributed by atoms with Gasteiger partial charge in [0.25, 0.3) is 0 Å². The molecule has 1 saturated heterocycles. The molecule has 0 aliphatic carbocycles. The Kier molecular flexibility index (Phi) is 3.37. The van der Waals surface area contributed by atoms with E-state index in [9.17, 15) is 0 Å². The fourth-order valence-electron chi connectivity index (χ4n) is 2.53. The number of hydrogen-bond acceptors (Lipinski definition) is 2. The summed E-state index contributed by atoms with van der Waals surface area (Å²) in [6.07, 6.45) is 5.84. The van der Waals surface area contributed by atoms with E-state index in [0.717, 1.165) is 5.69 Å². The summed E-state index contributed by atoms with van der Waals surface area (Å²) in [4.78, 5) is 6.87. The minimum absolute atomic E-state index is 0.645. The van der Waals surface area contributed by atoms with Gasteiger partial charge in [-0.1, -0.05) is 6.92 Å². The van der Waals surface area contributed by atoms with Crippen LogP contribution < -0.4 is 0 Å². The molecule has 0 N–H and O–H groups in total. The molecule has 1 aromatic rings. The number of nitrogens with zero attached hydrogens (tertiary/aromatic N) is 2. The van der Waals surface area contributed by atoms with Gasteiger partial charge in [0.1, 0.15) is 0 Å². The van der Waals surface area contributed by atoms with Crippen LogP contribution in [-0.2, 0) is 0 Å². The Bertz CT molecular complexity index is 322. The zero-order valence-corrected chi connectivity index (χ0v) is 9.74. The molecule has 0 amide bonds. The molecule has 0 spiro atoms. The zero-order valence-electron chi connectivity index (χ0n) is 9.74. The maximum Gasteiger partial charge on any atom is 0.0375 e. The van der Waals surface area contributed by atoms with Gasteiger partial charge in [-0.2, -0.15) is 0 Å². The summed E-state index contributed by atoms with van der Waals surface area (Å²) in [7, 11) is 0. The molecule has 2 heterocycles. The van der Waals surface area contributed by atoms with Gasteiger partial charge in [-0.05, 0) is 57.0 Å². The van der Waals surface area contributed by atoms with E-state index in [-0.39, 0.29) is 0 Å². The molecule has 1 aliphatic heterocycles. The highest BCUT2D eigenvalue weighted by Gasteiger charge is 2.24. The zero-order chi connectivity index (χ0) is 10.7. The highest BCUT2D eigenvalue weighted by Crippen LogP contribution is 2.31. The van der Waals surface area contributed by atoms with Gasteiger partial charge in [0.15, 0.2) is 0 Å². The van der Waals surface area contributed by atoms with E-state index in [4.69, 9.17) is 0 Å². The van der Waals surface area contributed by atoms with Crippen LogP contribution in [0.4, 0.5) is 0 Å². The van der Waals surface area contributed by atoms with Crippen LogP contribution in [0.25, 0.3) is 0 Å². The lowest BCUT2D eigenvalue weighted by molar-refractivity contribution is 0.257. The Balaban J connectivity index is 2.15. The van der Waals surface area contributed by atoms with Crippen LogP contribution >= 0.6 is 0 Å². The molecule has 0 saturated carbocycles. The van der Waals surface area contributed by atoms with E-state index in [2.05, 4.69) is 35.9 Å². The second-order valence-corrected chi connectivity index (χ2v) is 4.42. The summed E-state index contributed by atoms with van der Waals surface area (Å²) in [6.45, 7) is 6.82. The summed E-state index contributed by atoms with van der Waals surface area (Å²) < 4.78 is 0. The number of likely N-dealkylation sites (tertiary alicyclic amines) is 1. The molecule has 82 valence electrons. The van der Waals surface area contributed by atoms with Gasteiger partial charge in [-0.25, -0.2) is 0 Å². The van der Waals surface area contributed by atoms with Crippen molar-refractivity contribution in [2.75, 3.05) is 13.1 Å². The molecule has 1 aliphatic rings. The first kappa shape index (κ1) is 10.6. The third kappa shape index (κ3) is 2.37. The number of aromatic nitrogens is 1. The maximum atomic E-state index is 4.26. The van der Waals surface area contributed by atoms with Crippen LogP contribution in [0, 0.1) is 6.92 Å². The summed E-state index contributed by atoms with van der Waals surface area (Å²) in [5.41, 5.74) is 2.59. The van der Waals surface area contributed by atoms with Crippen LogP contribution in [0.1, 0.15) is 43.5 Å². The largest absolute Gasteiger partial charge is 0.296 e. The monoisotopic (exact) mass is 204 g/mol. The van der Waals surface area contributed by atoms with Crippen molar-refractivity contribution in [3.8, 4) is 0 Å². The van der Waals surface area contributed by atoms with Crippen LogP contribution in [-0.4, -0.2) is 23.0 Å². The molecule has 1 fully saturated rings. The van der Waals surface area contributed by atoms with Gasteiger partial charge in [0.2, 0.25) is 0 Å². The van der Waals surface area contributed by atoms with E-state index >= 15 is 0 Å². The molecule has 1 aromatic heterocycles. The van der Waals surface area contributed by atoms with Gasteiger partial charge in [0, 0.05) is 17.9 Å². The maximum absolute atomic E-state index is 4.26. The third-order valence-corrected chi connectivity index (χ3v) is 3.18. The van der Waals surface area contributed by atoms with Crippen molar-refractivity contribution < 1.29 is 0 Å². The van der Waals surface area contributed by atoms with Gasteiger partial charge >= 0.3 is 0 Å². The molecule has 2 nitrogen and oxygen atoms in total. The van der Waals surface area contributed by atoms with Gasteiger partial charge in [-0.15, -0.1) is 0 Å². The summed E-state index contributed by atoms with van der Waals surface area (Å²) in [5.74, 6) is 0. The van der Waals surface area contributed by atoms with E-state index in [0.29, 0.717) is 6.04 Å². The molecule has 2 rings (SSSR count). The van der Waals surface area contributed by atoms with Crippen LogP contribution in [0.2, 0.25) is 0 Å². The van der Waals surface area contributed by atoms with Crippen molar-refractivity contribution in [2.45, 2.75) is 39.2 Å². The Hall–Kier alpha value is -0.890. The van der Waals surface area contributed by atoms with Gasteiger partial charge < -0.3 is 0 Å². The SMILES string of the molecule is CCCN1CCC[C@H]1c1ccnc(C)c1. The van der Waals surface area contributed by atoms with Crippen LogP contribution in [0.5, 0.6) is 0 Å². The smallest absolute Gasteiger partial charge is 0.0375 e. The fraction of sp³-hybridized carbons (Fsp3) is 0.615. The molecule has 0 aromatic carbocycles. The van der Waals surface area contributed by atoms with E-state index < -0.39 is 0 Å². The lowest BCUT2D eigenvalue weighted by Crippen LogP contribution is -2.24. The molecule has 2 heteroatoms. The lowest BCUT2D eigenvalue weighted by atomic mass is 10.1. The second kappa shape index (κ2) is 4.75. The lowest BCUT2D eigenvalue weighted by Gasteiger charge is -2.24. The molecule has 1 atom stereocenters. The Morgan fingerprint density at radius 1 is 1.53 bits per heavy atom. The quantitative estimate of drug-likeness (QED) is 0.752. The van der Waals surface area contributed by atoms with E-state index in [1.165, 1.54) is 37.9 Å². The van der Waals surface area contributed by atoms with Crippen molar-refractivity contribution in [1.29, 1.82) is 0 Å². The summed E-state index contributed by atoms with van der Waals surface area (Å²) >= 11 is 0. The third-order valence-electron chi connectivity index (χ3n) is 3.18. The molecular formula is C13H20N2. The highest BCUT2D eigenvalue weighted by molar-refractivity contribution is 5.20. The first-order valence-corrected chi connectivity index (χ1v) is 5.98. The normalized spacial score (nSPS) is 22.1. The van der Waals surface area contributed by atoms with Crippen LogP contribution in [0.15, 0.2) is 18.3 Å². The minimum Gasteiger partial charge on any atom is -0.296 e. The molecule has 0 radical (unpaired) electrons. The fourth-order valence-corrected chi connectivity index (χ4v) is 2.53. The minimum atomic E-state index is 0.645. The number of aryl methyl sites for hydroxylation is 1. The van der Waals surface area contributed by atoms with Crippen molar-refractivity contribution >= 4 is 0 Å². The second-order valence-electron chi connectivity index (χ2n) is 4.42. The van der Waals surface area contributed by atoms with Crippen LogP contribution in [0.3, 0.4) is 0 Å². The standard InChI is InChI=1S/C13H20N2/c1-3-8-15-9-4-5-13(15)12-6-7-14-11(2)10-12/h6-7,10,13H,3-5,8-9H2,1-2H3/t13-/m0/s1. The molecular weight excluding hydrogens is 184 g/mol. The first-order chi connectivity index (χ1) is 7.31. The summed E-state index contributed by atoms with van der Waals surface area (Å²) in [5, 5.41) is 0. The van der Waals surface area contributed by atoms with Crippen molar-refractivity contribution in [2.24, 2.45) is 0 Å².